The van der Waals surface area contributed by atoms with Gasteiger partial charge in [-0.05, 0) is 20.8 Å². The molecule has 0 rings (SSSR count). The fourth-order valence-electron chi connectivity index (χ4n) is 0.676. The summed E-state index contributed by atoms with van der Waals surface area (Å²) in [7, 11) is 0. The summed E-state index contributed by atoms with van der Waals surface area (Å²) in [6.07, 6.45) is -7.49. The molecule has 0 spiro atoms. The van der Waals surface area contributed by atoms with Crippen molar-refractivity contribution in [1.29, 1.82) is 0 Å². The Hall–Kier alpha value is -0.580. The predicted molar refractivity (Wildman–Crippen MR) is 36.7 cm³/mol. The molecule has 0 aromatic heterocycles. The number of hydrogen-bond donors (Lipinski definition) is 0. The third-order valence-corrected chi connectivity index (χ3v) is 1.07. The topological polar surface area (TPSA) is 26.3 Å². The molecule has 0 radical (unpaired) electrons. The van der Waals surface area contributed by atoms with Gasteiger partial charge in [-0.1, -0.05) is 0 Å². The van der Waals surface area contributed by atoms with Gasteiger partial charge in [-0.3, -0.25) is 4.79 Å². The van der Waals surface area contributed by atoms with Gasteiger partial charge < -0.3 is 4.74 Å². The lowest BCUT2D eigenvalue weighted by molar-refractivity contribution is -0.224. The Labute approximate surface area is 68.7 Å². The number of ketones is 1. The van der Waals surface area contributed by atoms with E-state index in [1.54, 1.807) is 0 Å². The lowest BCUT2D eigenvalue weighted by Crippen LogP contribution is -2.39. The van der Waals surface area contributed by atoms with Crippen molar-refractivity contribution in [3.63, 3.8) is 0 Å². The van der Waals surface area contributed by atoms with Crippen LogP contribution in [0.5, 0.6) is 0 Å². The highest BCUT2D eigenvalue weighted by Crippen LogP contribution is 2.24. The van der Waals surface area contributed by atoms with E-state index in [4.69, 9.17) is 0 Å². The van der Waals surface area contributed by atoms with Crippen LogP contribution < -0.4 is 0 Å². The van der Waals surface area contributed by atoms with Gasteiger partial charge in [0.05, 0.1) is 6.10 Å². The molecule has 0 amide bonds. The summed E-state index contributed by atoms with van der Waals surface area (Å²) in [5.74, 6) is -1.02. The Morgan fingerprint density at radius 3 is 1.83 bits per heavy atom. The normalized spacial score (nSPS) is 14.9. The third kappa shape index (κ3) is 3.71. The van der Waals surface area contributed by atoms with Gasteiger partial charge in [-0.15, -0.1) is 0 Å². The smallest absolute Gasteiger partial charge is 0.359 e. The average molecular weight is 184 g/mol. The maximum absolute atomic E-state index is 12.0. The molecule has 0 fully saturated rings. The standard InChI is InChI=1S/C7H11F3O2/c1-4(2)12-6(5(3)11)7(8,9)10/h4,6H,1-3H3. The molecule has 1 unspecified atom stereocenters. The average Bonchev–Trinajstić information content (AvgIpc) is 1.79. The summed E-state index contributed by atoms with van der Waals surface area (Å²) >= 11 is 0. The van der Waals surface area contributed by atoms with Gasteiger partial charge in [-0.2, -0.15) is 13.2 Å². The van der Waals surface area contributed by atoms with Crippen LogP contribution in [0.4, 0.5) is 13.2 Å². The minimum atomic E-state index is -4.60. The van der Waals surface area contributed by atoms with Gasteiger partial charge in [0.2, 0.25) is 6.10 Å². The Morgan fingerprint density at radius 2 is 1.75 bits per heavy atom. The molecule has 0 aromatic carbocycles. The first-order chi connectivity index (χ1) is 5.25. The fourth-order valence-corrected chi connectivity index (χ4v) is 0.676. The zero-order chi connectivity index (χ0) is 9.94. The summed E-state index contributed by atoms with van der Waals surface area (Å²) < 4.78 is 40.4. The first-order valence-electron chi connectivity index (χ1n) is 3.47. The van der Waals surface area contributed by atoms with Gasteiger partial charge in [-0.25, -0.2) is 0 Å². The van der Waals surface area contributed by atoms with Gasteiger partial charge in [0.25, 0.3) is 0 Å². The van der Waals surface area contributed by atoms with Crippen molar-refractivity contribution in [2.75, 3.05) is 0 Å². The minimum absolute atomic E-state index is 0.611. The maximum atomic E-state index is 12.0. The highest BCUT2D eigenvalue weighted by Gasteiger charge is 2.44. The molecule has 0 aliphatic rings. The second kappa shape index (κ2) is 3.89. The van der Waals surface area contributed by atoms with E-state index in [-0.39, 0.29) is 0 Å². The number of carbonyl (C=O) groups is 1. The van der Waals surface area contributed by atoms with Crippen LogP contribution in [0.15, 0.2) is 0 Å². The molecule has 0 saturated heterocycles. The van der Waals surface area contributed by atoms with E-state index in [9.17, 15) is 18.0 Å². The number of Topliss-reactive ketones (excluding diaryl/α,β-unsaturated/α-hetero) is 1. The van der Waals surface area contributed by atoms with Crippen molar-refractivity contribution in [3.05, 3.63) is 0 Å². The Morgan fingerprint density at radius 1 is 1.33 bits per heavy atom. The second-order valence-electron chi connectivity index (χ2n) is 2.72. The number of hydrogen-bond acceptors (Lipinski definition) is 2. The van der Waals surface area contributed by atoms with Gasteiger partial charge >= 0.3 is 6.18 Å². The van der Waals surface area contributed by atoms with Crippen LogP contribution in [0, 0.1) is 0 Å². The van der Waals surface area contributed by atoms with E-state index >= 15 is 0 Å². The molecule has 0 saturated carbocycles. The Bertz CT molecular complexity index is 163. The van der Waals surface area contributed by atoms with Crippen LogP contribution in [0.25, 0.3) is 0 Å². The highest BCUT2D eigenvalue weighted by atomic mass is 19.4. The molecule has 0 bridgehead atoms. The van der Waals surface area contributed by atoms with E-state index in [1.165, 1.54) is 13.8 Å². The molecule has 0 aliphatic carbocycles. The zero-order valence-electron chi connectivity index (χ0n) is 7.11. The summed E-state index contributed by atoms with van der Waals surface area (Å²) in [4.78, 5) is 10.5. The van der Waals surface area contributed by atoms with Crippen LogP contribution in [0.3, 0.4) is 0 Å². The second-order valence-corrected chi connectivity index (χ2v) is 2.72. The number of rotatable bonds is 3. The van der Waals surface area contributed by atoms with Crippen molar-refractivity contribution in [2.24, 2.45) is 0 Å². The summed E-state index contributed by atoms with van der Waals surface area (Å²) in [5, 5.41) is 0. The number of ether oxygens (including phenoxy) is 1. The van der Waals surface area contributed by atoms with Crippen LogP contribution >= 0.6 is 0 Å². The van der Waals surface area contributed by atoms with Crippen LogP contribution in [-0.4, -0.2) is 24.2 Å². The summed E-state index contributed by atoms with van der Waals surface area (Å²) in [6, 6.07) is 0. The van der Waals surface area contributed by atoms with Crippen molar-refractivity contribution in [1.82, 2.24) is 0 Å². The van der Waals surface area contributed by atoms with E-state index in [0.717, 1.165) is 6.92 Å². The monoisotopic (exact) mass is 184 g/mol. The fraction of sp³-hybridized carbons (Fsp3) is 0.857. The Kier molecular flexibility index (Phi) is 3.70. The summed E-state index contributed by atoms with van der Waals surface area (Å²) in [6.45, 7) is 3.75. The molecule has 12 heavy (non-hydrogen) atoms. The van der Waals surface area contributed by atoms with Crippen molar-refractivity contribution in [2.45, 2.75) is 39.2 Å². The first kappa shape index (κ1) is 11.4. The van der Waals surface area contributed by atoms with Crippen molar-refractivity contribution < 1.29 is 22.7 Å². The number of halogens is 3. The van der Waals surface area contributed by atoms with E-state index in [2.05, 4.69) is 4.74 Å². The van der Waals surface area contributed by atoms with Gasteiger partial charge in [0.15, 0.2) is 5.78 Å². The SMILES string of the molecule is CC(=O)C(OC(C)C)C(F)(F)F. The molecule has 72 valence electrons. The third-order valence-electron chi connectivity index (χ3n) is 1.07. The van der Waals surface area contributed by atoms with Crippen molar-refractivity contribution >= 4 is 5.78 Å². The van der Waals surface area contributed by atoms with Gasteiger partial charge in [0, 0.05) is 0 Å². The van der Waals surface area contributed by atoms with Crippen LogP contribution in [0.1, 0.15) is 20.8 Å². The van der Waals surface area contributed by atoms with Crippen LogP contribution in [-0.2, 0) is 9.53 Å². The van der Waals surface area contributed by atoms with E-state index in [1.807, 2.05) is 0 Å². The maximum Gasteiger partial charge on any atom is 0.421 e. The summed E-state index contributed by atoms with van der Waals surface area (Å²) in [5.41, 5.74) is 0. The zero-order valence-corrected chi connectivity index (χ0v) is 7.11. The quantitative estimate of drug-likeness (QED) is 0.669. The number of alkyl halides is 3. The molecule has 0 aromatic rings. The van der Waals surface area contributed by atoms with E-state index < -0.39 is 24.2 Å². The van der Waals surface area contributed by atoms with Crippen LogP contribution in [0.2, 0.25) is 0 Å². The molecule has 5 heteroatoms. The lowest BCUT2D eigenvalue weighted by Gasteiger charge is -2.20. The van der Waals surface area contributed by atoms with E-state index in [0.29, 0.717) is 0 Å². The minimum Gasteiger partial charge on any atom is -0.359 e. The highest BCUT2D eigenvalue weighted by molar-refractivity contribution is 5.81. The lowest BCUT2D eigenvalue weighted by atomic mass is 10.2. The molecule has 0 aliphatic heterocycles. The molecular formula is C7H11F3O2. The molecule has 2 nitrogen and oxygen atoms in total. The molecular weight excluding hydrogens is 173 g/mol. The van der Waals surface area contributed by atoms with Crippen molar-refractivity contribution in [3.8, 4) is 0 Å². The molecule has 1 atom stereocenters. The molecule has 0 heterocycles. The predicted octanol–water partition coefficient (Wildman–Crippen LogP) is 1.93. The molecule has 0 N–H and O–H groups in total. The number of carbonyl (C=O) groups excluding carboxylic acids is 1. The first-order valence-corrected chi connectivity index (χ1v) is 3.47. The van der Waals surface area contributed by atoms with Gasteiger partial charge in [0.1, 0.15) is 0 Å². The largest absolute Gasteiger partial charge is 0.421 e. The Balaban J connectivity index is 4.35.